The fourth-order valence-corrected chi connectivity index (χ4v) is 2.94. The van der Waals surface area contributed by atoms with Crippen molar-refractivity contribution < 1.29 is 0 Å². The summed E-state index contributed by atoms with van der Waals surface area (Å²) in [5.41, 5.74) is 2.25. The zero-order chi connectivity index (χ0) is 12.5. The molecular weight excluding hydrogens is 262 g/mol. The van der Waals surface area contributed by atoms with Crippen molar-refractivity contribution in [3.05, 3.63) is 34.7 Å². The molecule has 1 aliphatic heterocycles. The number of hydrogen-bond donors (Lipinski definition) is 1. The van der Waals surface area contributed by atoms with E-state index >= 15 is 0 Å². The highest BCUT2D eigenvalue weighted by Gasteiger charge is 2.21. The van der Waals surface area contributed by atoms with Crippen LogP contribution in [0.5, 0.6) is 0 Å². The first-order valence-electron chi connectivity index (χ1n) is 6.73. The number of piperidine rings is 1. The van der Waals surface area contributed by atoms with Gasteiger partial charge in [0.05, 0.1) is 17.1 Å². The molecule has 104 valence electrons. The van der Waals surface area contributed by atoms with Gasteiger partial charge in [-0.2, -0.15) is 0 Å². The lowest BCUT2D eigenvalue weighted by Gasteiger charge is -2.23. The number of rotatable bonds is 2. The summed E-state index contributed by atoms with van der Waals surface area (Å²) < 4.78 is 3.84. The first-order chi connectivity index (χ1) is 8.83. The number of hydrogen-bond acceptors (Lipinski definition) is 2. The molecule has 0 aliphatic carbocycles. The van der Waals surface area contributed by atoms with E-state index < -0.39 is 0 Å². The third-order valence-corrected chi connectivity index (χ3v) is 3.82. The molecule has 0 bridgehead atoms. The Balaban J connectivity index is 0.00000133. The summed E-state index contributed by atoms with van der Waals surface area (Å²) in [5.74, 6) is 0. The Bertz CT molecular complexity index is 611. The molecule has 0 unspecified atom stereocenters. The largest absolute Gasteiger partial charge is 0.329 e. The van der Waals surface area contributed by atoms with Gasteiger partial charge in [-0.3, -0.25) is 9.13 Å². The Morgan fingerprint density at radius 1 is 1.32 bits per heavy atom. The van der Waals surface area contributed by atoms with Crippen LogP contribution in [0.2, 0.25) is 0 Å². The lowest BCUT2D eigenvalue weighted by molar-refractivity contribution is 0.368. The van der Waals surface area contributed by atoms with Crippen molar-refractivity contribution in [1.82, 2.24) is 14.5 Å². The Hall–Kier alpha value is -1.26. The van der Waals surface area contributed by atoms with Gasteiger partial charge in [-0.15, -0.1) is 12.4 Å². The SMILES string of the molecule is CCn1c(=O)n([C@H]2CCCNC2)c2ccccc21.Cl. The zero-order valence-corrected chi connectivity index (χ0v) is 11.9. The molecule has 19 heavy (non-hydrogen) atoms. The van der Waals surface area contributed by atoms with E-state index in [0.717, 1.165) is 43.5 Å². The minimum Gasteiger partial charge on any atom is -0.315 e. The third-order valence-electron chi connectivity index (χ3n) is 3.82. The molecule has 0 saturated carbocycles. The van der Waals surface area contributed by atoms with Gasteiger partial charge < -0.3 is 5.32 Å². The lowest BCUT2D eigenvalue weighted by Crippen LogP contribution is -2.36. The predicted octanol–water partition coefficient (Wildman–Crippen LogP) is 2.17. The Morgan fingerprint density at radius 3 is 2.68 bits per heavy atom. The average Bonchev–Trinajstić information content (AvgIpc) is 2.71. The molecule has 2 aromatic rings. The van der Waals surface area contributed by atoms with E-state index in [1.807, 2.05) is 34.3 Å². The fourth-order valence-electron chi connectivity index (χ4n) is 2.94. The van der Waals surface area contributed by atoms with Crippen LogP contribution in [-0.4, -0.2) is 22.2 Å². The molecule has 2 heterocycles. The molecule has 4 nitrogen and oxygen atoms in total. The molecule has 1 fully saturated rings. The van der Waals surface area contributed by atoms with Crippen molar-refractivity contribution in [1.29, 1.82) is 0 Å². The first-order valence-corrected chi connectivity index (χ1v) is 6.73. The van der Waals surface area contributed by atoms with Crippen LogP contribution < -0.4 is 11.0 Å². The van der Waals surface area contributed by atoms with E-state index in [9.17, 15) is 4.79 Å². The molecule has 0 spiro atoms. The summed E-state index contributed by atoms with van der Waals surface area (Å²) in [4.78, 5) is 12.5. The predicted molar refractivity (Wildman–Crippen MR) is 80.3 cm³/mol. The van der Waals surface area contributed by atoms with Crippen molar-refractivity contribution in [2.45, 2.75) is 32.4 Å². The van der Waals surface area contributed by atoms with Gasteiger partial charge in [0.15, 0.2) is 0 Å². The van der Waals surface area contributed by atoms with E-state index in [4.69, 9.17) is 0 Å². The van der Waals surface area contributed by atoms with Crippen LogP contribution in [0.15, 0.2) is 29.1 Å². The van der Waals surface area contributed by atoms with Crippen molar-refractivity contribution in [2.24, 2.45) is 0 Å². The summed E-state index contributed by atoms with van der Waals surface area (Å²) in [5, 5.41) is 3.38. The number of nitrogens with zero attached hydrogens (tertiary/aromatic N) is 2. The van der Waals surface area contributed by atoms with Crippen LogP contribution in [0, 0.1) is 0 Å². The van der Waals surface area contributed by atoms with Gasteiger partial charge in [0, 0.05) is 13.1 Å². The van der Waals surface area contributed by atoms with Crippen molar-refractivity contribution in [3.63, 3.8) is 0 Å². The van der Waals surface area contributed by atoms with Crippen LogP contribution in [0.25, 0.3) is 11.0 Å². The van der Waals surface area contributed by atoms with Crippen LogP contribution in [0.3, 0.4) is 0 Å². The van der Waals surface area contributed by atoms with Crippen molar-refractivity contribution >= 4 is 23.4 Å². The van der Waals surface area contributed by atoms with Crippen molar-refractivity contribution in [2.75, 3.05) is 13.1 Å². The number of aryl methyl sites for hydroxylation is 1. The topological polar surface area (TPSA) is 39.0 Å². The second-order valence-corrected chi connectivity index (χ2v) is 4.89. The maximum absolute atomic E-state index is 12.5. The summed E-state index contributed by atoms with van der Waals surface area (Å²) in [6.45, 7) is 4.72. The van der Waals surface area contributed by atoms with Crippen LogP contribution >= 0.6 is 12.4 Å². The highest BCUT2D eigenvalue weighted by Crippen LogP contribution is 2.21. The number of nitrogens with one attached hydrogen (secondary N) is 1. The number of halogens is 1. The molecule has 0 radical (unpaired) electrons. The van der Waals surface area contributed by atoms with E-state index in [1.165, 1.54) is 0 Å². The lowest BCUT2D eigenvalue weighted by atomic mass is 10.1. The number of imidazole rings is 1. The van der Waals surface area contributed by atoms with Crippen LogP contribution in [-0.2, 0) is 6.54 Å². The maximum atomic E-state index is 12.5. The Kier molecular flexibility index (Phi) is 4.32. The fraction of sp³-hybridized carbons (Fsp3) is 0.500. The van der Waals surface area contributed by atoms with Gasteiger partial charge >= 0.3 is 5.69 Å². The average molecular weight is 282 g/mol. The van der Waals surface area contributed by atoms with Gasteiger partial charge in [-0.1, -0.05) is 12.1 Å². The van der Waals surface area contributed by atoms with Crippen molar-refractivity contribution in [3.8, 4) is 0 Å². The van der Waals surface area contributed by atoms with E-state index in [2.05, 4.69) is 11.4 Å². The summed E-state index contributed by atoms with van der Waals surface area (Å²) >= 11 is 0. The van der Waals surface area contributed by atoms with Gasteiger partial charge in [0.2, 0.25) is 0 Å². The van der Waals surface area contributed by atoms with Crippen LogP contribution in [0.1, 0.15) is 25.8 Å². The Morgan fingerprint density at radius 2 is 2.05 bits per heavy atom. The maximum Gasteiger partial charge on any atom is 0.329 e. The highest BCUT2D eigenvalue weighted by atomic mass is 35.5. The molecule has 1 N–H and O–H groups in total. The summed E-state index contributed by atoms with van der Waals surface area (Å²) in [7, 11) is 0. The molecule has 0 amide bonds. The minimum absolute atomic E-state index is 0. The summed E-state index contributed by atoms with van der Waals surface area (Å²) in [6, 6.07) is 8.39. The molecule has 1 aliphatic rings. The second kappa shape index (κ2) is 5.80. The van der Waals surface area contributed by atoms with Gasteiger partial charge in [0.1, 0.15) is 0 Å². The third kappa shape index (κ3) is 2.30. The number of benzene rings is 1. The molecule has 1 saturated heterocycles. The quantitative estimate of drug-likeness (QED) is 0.916. The standard InChI is InChI=1S/C14H19N3O.ClH/c1-2-16-12-7-3-4-8-13(12)17(14(16)18)11-6-5-9-15-10-11;/h3-4,7-8,11,15H,2,5-6,9-10H2,1H3;1H/t11-;/m0./s1. The number of aromatic nitrogens is 2. The number of para-hydroxylation sites is 2. The van der Waals surface area contributed by atoms with E-state index in [-0.39, 0.29) is 18.1 Å². The molecule has 1 aromatic heterocycles. The van der Waals surface area contributed by atoms with Crippen LogP contribution in [0.4, 0.5) is 0 Å². The molecule has 5 heteroatoms. The van der Waals surface area contributed by atoms with E-state index in [0.29, 0.717) is 6.04 Å². The molecular formula is C14H20ClN3O. The van der Waals surface area contributed by atoms with Gasteiger partial charge in [0.25, 0.3) is 0 Å². The molecule has 1 atom stereocenters. The molecule has 3 rings (SSSR count). The van der Waals surface area contributed by atoms with Gasteiger partial charge in [-0.25, -0.2) is 4.79 Å². The van der Waals surface area contributed by atoms with Gasteiger partial charge in [-0.05, 0) is 38.4 Å². The number of fused-ring (bicyclic) bond motifs is 1. The summed E-state index contributed by atoms with van der Waals surface area (Å²) in [6.07, 6.45) is 2.23. The minimum atomic E-state index is 0. The highest BCUT2D eigenvalue weighted by molar-refractivity contribution is 5.85. The van der Waals surface area contributed by atoms with E-state index in [1.54, 1.807) is 0 Å². The Labute approximate surface area is 118 Å². The second-order valence-electron chi connectivity index (χ2n) is 4.89. The zero-order valence-electron chi connectivity index (χ0n) is 11.1. The monoisotopic (exact) mass is 281 g/mol. The molecule has 1 aromatic carbocycles. The normalized spacial score (nSPS) is 19.3. The first kappa shape index (κ1) is 14.2. The smallest absolute Gasteiger partial charge is 0.315 e.